The van der Waals surface area contributed by atoms with Crippen molar-refractivity contribution < 1.29 is 28.7 Å². The number of methoxy groups -OCH3 is 2. The quantitative estimate of drug-likeness (QED) is 0.0775. The highest BCUT2D eigenvalue weighted by molar-refractivity contribution is 9.10. The van der Waals surface area contributed by atoms with Crippen LogP contribution in [0.1, 0.15) is 30.5 Å². The number of oxime groups is 2. The number of esters is 1. The van der Waals surface area contributed by atoms with Gasteiger partial charge in [-0.25, -0.2) is 4.79 Å². The number of ether oxygens (including phenoxy) is 3. The zero-order valence-corrected chi connectivity index (χ0v) is 23.2. The van der Waals surface area contributed by atoms with Crippen molar-refractivity contribution in [1.82, 2.24) is 0 Å². The Bertz CT molecular complexity index is 1300. The van der Waals surface area contributed by atoms with E-state index in [4.69, 9.17) is 23.9 Å². The summed E-state index contributed by atoms with van der Waals surface area (Å²) in [4.78, 5) is 23.2. The molecule has 8 nitrogen and oxygen atoms in total. The van der Waals surface area contributed by atoms with E-state index >= 15 is 0 Å². The van der Waals surface area contributed by atoms with E-state index in [1.165, 1.54) is 20.5 Å². The highest BCUT2D eigenvalue weighted by atomic mass is 79.9. The molecule has 0 aliphatic rings. The predicted molar refractivity (Wildman–Crippen MR) is 150 cm³/mol. The Hall–Kier alpha value is -4.11. The largest absolute Gasteiger partial charge is 0.503 e. The van der Waals surface area contributed by atoms with Crippen LogP contribution >= 0.6 is 15.9 Å². The van der Waals surface area contributed by atoms with E-state index in [1.54, 1.807) is 13.0 Å². The fraction of sp³-hybridized carbons (Fsp3) is 0.207. The molecule has 3 aromatic rings. The molecule has 0 unspecified atom stereocenters. The van der Waals surface area contributed by atoms with Crippen LogP contribution in [0.3, 0.4) is 0 Å². The smallest absolute Gasteiger partial charge is 0.341 e. The summed E-state index contributed by atoms with van der Waals surface area (Å²) >= 11 is 3.42. The lowest BCUT2D eigenvalue weighted by atomic mass is 10.0. The summed E-state index contributed by atoms with van der Waals surface area (Å²) in [6, 6.07) is 22.3. The molecule has 0 heterocycles. The van der Waals surface area contributed by atoms with Gasteiger partial charge in [0.1, 0.15) is 41.7 Å². The fourth-order valence-corrected chi connectivity index (χ4v) is 3.64. The first-order chi connectivity index (χ1) is 18.5. The summed E-state index contributed by atoms with van der Waals surface area (Å²) in [5.74, 6) is 0.892. The number of carbonyl (C=O) groups is 1. The molecule has 0 radical (unpaired) electrons. The maximum absolute atomic E-state index is 12.2. The van der Waals surface area contributed by atoms with Crippen molar-refractivity contribution >= 4 is 38.9 Å². The number of benzene rings is 3. The molecule has 0 amide bonds. The average molecular weight is 581 g/mol. The van der Waals surface area contributed by atoms with Crippen molar-refractivity contribution in [2.24, 2.45) is 10.3 Å². The predicted octanol–water partition coefficient (Wildman–Crippen LogP) is 6.74. The van der Waals surface area contributed by atoms with Gasteiger partial charge in [0.25, 0.3) is 0 Å². The van der Waals surface area contributed by atoms with Gasteiger partial charge in [-0.05, 0) is 67.9 Å². The highest BCUT2D eigenvalue weighted by Gasteiger charge is 2.17. The van der Waals surface area contributed by atoms with Crippen molar-refractivity contribution in [3.63, 3.8) is 0 Å². The zero-order valence-electron chi connectivity index (χ0n) is 21.6. The number of halogens is 1. The zero-order chi connectivity index (χ0) is 27.3. The number of rotatable bonds is 12. The Morgan fingerprint density at radius 1 is 0.895 bits per heavy atom. The summed E-state index contributed by atoms with van der Waals surface area (Å²) in [6.07, 6.45) is 1.34. The third kappa shape index (κ3) is 7.94. The van der Waals surface area contributed by atoms with Crippen molar-refractivity contribution in [2.75, 3.05) is 20.8 Å². The van der Waals surface area contributed by atoms with Crippen LogP contribution in [0.15, 0.2) is 93.8 Å². The number of hydrogen-bond donors (Lipinski definition) is 0. The lowest BCUT2D eigenvalue weighted by Crippen LogP contribution is -2.14. The van der Waals surface area contributed by atoms with E-state index in [0.29, 0.717) is 29.3 Å². The molecular formula is C29H29BrN2O6. The molecule has 3 rings (SSSR count). The first kappa shape index (κ1) is 28.5. The Morgan fingerprint density at radius 2 is 1.55 bits per heavy atom. The van der Waals surface area contributed by atoms with E-state index in [9.17, 15) is 4.79 Å². The minimum Gasteiger partial charge on any atom is -0.503 e. The summed E-state index contributed by atoms with van der Waals surface area (Å²) in [7, 11) is 2.78. The van der Waals surface area contributed by atoms with Crippen molar-refractivity contribution in [2.45, 2.75) is 20.5 Å². The minimum absolute atomic E-state index is 0.105. The molecule has 0 aliphatic heterocycles. The third-order valence-electron chi connectivity index (χ3n) is 5.17. The highest BCUT2D eigenvalue weighted by Crippen LogP contribution is 2.24. The van der Waals surface area contributed by atoms with Crippen LogP contribution < -0.4 is 4.74 Å². The first-order valence-corrected chi connectivity index (χ1v) is 12.6. The monoisotopic (exact) mass is 580 g/mol. The molecule has 0 saturated heterocycles. The molecule has 0 aromatic heterocycles. The van der Waals surface area contributed by atoms with Gasteiger partial charge in [-0.2, -0.15) is 0 Å². The van der Waals surface area contributed by atoms with Crippen molar-refractivity contribution in [1.29, 1.82) is 0 Å². The molecule has 3 aromatic carbocycles. The van der Waals surface area contributed by atoms with Gasteiger partial charge >= 0.3 is 5.97 Å². The van der Waals surface area contributed by atoms with Gasteiger partial charge in [-0.15, -0.1) is 0 Å². The van der Waals surface area contributed by atoms with Gasteiger partial charge in [0.2, 0.25) is 0 Å². The van der Waals surface area contributed by atoms with Gasteiger partial charge in [0, 0.05) is 15.6 Å². The first-order valence-electron chi connectivity index (χ1n) is 11.8. The molecule has 38 heavy (non-hydrogen) atoms. The summed E-state index contributed by atoms with van der Waals surface area (Å²) in [5, 5.41) is 8.50. The second kappa shape index (κ2) is 14.6. The van der Waals surface area contributed by atoms with Crippen LogP contribution in [-0.4, -0.2) is 38.2 Å². The van der Waals surface area contributed by atoms with Gasteiger partial charge in [-0.3, -0.25) is 0 Å². The molecule has 0 atom stereocenters. The van der Waals surface area contributed by atoms with E-state index in [1.807, 2.05) is 73.7 Å². The molecule has 0 fully saturated rings. The van der Waals surface area contributed by atoms with Crippen LogP contribution in [0.4, 0.5) is 0 Å². The molecule has 0 aliphatic carbocycles. The Morgan fingerprint density at radius 3 is 2.18 bits per heavy atom. The van der Waals surface area contributed by atoms with E-state index in [-0.39, 0.29) is 12.2 Å². The Balaban J connectivity index is 1.77. The normalized spacial score (nSPS) is 12.1. The van der Waals surface area contributed by atoms with Crippen LogP contribution in [0, 0.1) is 0 Å². The van der Waals surface area contributed by atoms with Gasteiger partial charge in [0.15, 0.2) is 0 Å². The standard InChI is InChI=1S/C29H29BrN2O6/c1-5-36-32-28(21-10-14-24(15-11-21)38-25-16-12-23(30)13-17-25)20(2)31-37-18-22-8-6-7-9-26(22)27(19-34-3)29(33)35-4/h6-17,19H,5,18H2,1-4H3. The van der Waals surface area contributed by atoms with E-state index in [0.717, 1.165) is 21.3 Å². The van der Waals surface area contributed by atoms with Crippen LogP contribution in [0.2, 0.25) is 0 Å². The fourth-order valence-electron chi connectivity index (χ4n) is 3.38. The molecule has 0 bridgehead atoms. The molecule has 0 saturated carbocycles. The Labute approximate surface area is 230 Å². The van der Waals surface area contributed by atoms with Crippen LogP contribution in [0.25, 0.3) is 5.57 Å². The topological polar surface area (TPSA) is 87.9 Å². The average Bonchev–Trinajstić information content (AvgIpc) is 2.94. The SMILES string of the molecule is CCON=C(C(C)=NOCc1ccccc1C(=COC)C(=O)OC)c1ccc(Oc2ccc(Br)cc2)cc1. The van der Waals surface area contributed by atoms with Gasteiger partial charge in [0.05, 0.1) is 20.5 Å². The maximum Gasteiger partial charge on any atom is 0.341 e. The maximum atomic E-state index is 12.2. The lowest BCUT2D eigenvalue weighted by Gasteiger charge is -2.11. The van der Waals surface area contributed by atoms with Crippen LogP contribution in [-0.2, 0) is 30.6 Å². The Kier molecular flexibility index (Phi) is 10.9. The van der Waals surface area contributed by atoms with Gasteiger partial charge < -0.3 is 23.9 Å². The minimum atomic E-state index is -0.516. The molecule has 0 spiro atoms. The van der Waals surface area contributed by atoms with Crippen molar-refractivity contribution in [3.8, 4) is 11.5 Å². The molecule has 9 heteroatoms. The lowest BCUT2D eigenvalue weighted by molar-refractivity contribution is -0.133. The van der Waals surface area contributed by atoms with Gasteiger partial charge in [-0.1, -0.05) is 50.5 Å². The number of hydrogen-bond acceptors (Lipinski definition) is 8. The molecule has 0 N–H and O–H groups in total. The second-order valence-electron chi connectivity index (χ2n) is 7.80. The second-order valence-corrected chi connectivity index (χ2v) is 8.72. The van der Waals surface area contributed by atoms with Crippen molar-refractivity contribution in [3.05, 3.63) is 100 Å². The van der Waals surface area contributed by atoms with E-state index < -0.39 is 5.97 Å². The summed E-state index contributed by atoms with van der Waals surface area (Å²) < 4.78 is 16.8. The number of nitrogens with zero attached hydrogens (tertiary/aromatic N) is 2. The molecular weight excluding hydrogens is 552 g/mol. The summed E-state index contributed by atoms with van der Waals surface area (Å²) in [5.41, 5.74) is 3.44. The third-order valence-corrected chi connectivity index (χ3v) is 5.70. The van der Waals surface area contributed by atoms with E-state index in [2.05, 4.69) is 26.2 Å². The molecule has 198 valence electrons. The summed E-state index contributed by atoms with van der Waals surface area (Å²) in [6.45, 7) is 4.13. The number of carbonyl (C=O) groups excluding carboxylic acids is 1. The van der Waals surface area contributed by atoms with Crippen LogP contribution in [0.5, 0.6) is 11.5 Å².